The van der Waals surface area contributed by atoms with E-state index in [9.17, 15) is 9.18 Å². The molecule has 35 heavy (non-hydrogen) atoms. The van der Waals surface area contributed by atoms with Crippen molar-refractivity contribution >= 4 is 34.9 Å². The van der Waals surface area contributed by atoms with Gasteiger partial charge in [-0.15, -0.1) is 0 Å². The first kappa shape index (κ1) is 25.2. The molecular formula is C24H27Cl2FN6O2. The van der Waals surface area contributed by atoms with E-state index in [0.29, 0.717) is 24.2 Å². The van der Waals surface area contributed by atoms with Crippen LogP contribution in [0.2, 0.25) is 10.0 Å². The third kappa shape index (κ3) is 5.07. The maximum absolute atomic E-state index is 14.0. The molecule has 11 heteroatoms. The fourth-order valence-corrected chi connectivity index (χ4v) is 4.68. The number of pyridine rings is 1. The van der Waals surface area contributed by atoms with Crippen LogP contribution in [0.5, 0.6) is 5.75 Å². The van der Waals surface area contributed by atoms with Crippen molar-refractivity contribution < 1.29 is 13.9 Å². The van der Waals surface area contributed by atoms with Crippen molar-refractivity contribution in [3.05, 3.63) is 58.2 Å². The average molecular weight is 521 g/mol. The molecule has 1 atom stereocenters. The van der Waals surface area contributed by atoms with Gasteiger partial charge in [0.05, 0.1) is 11.2 Å². The fourth-order valence-electron chi connectivity index (χ4n) is 4.00. The predicted octanol–water partition coefficient (Wildman–Crippen LogP) is 4.28. The molecule has 1 aliphatic heterocycles. The highest BCUT2D eigenvalue weighted by atomic mass is 35.5. The zero-order valence-electron chi connectivity index (χ0n) is 19.7. The van der Waals surface area contributed by atoms with Crippen molar-refractivity contribution in [2.24, 2.45) is 0 Å². The summed E-state index contributed by atoms with van der Waals surface area (Å²) in [5.74, 6) is -0.140. The largest absolute Gasteiger partial charge is 0.482 e. The number of hydrogen-bond donors (Lipinski definition) is 2. The number of rotatable bonds is 6. The summed E-state index contributed by atoms with van der Waals surface area (Å²) in [6.07, 6.45) is 4.36. The lowest BCUT2D eigenvalue weighted by Gasteiger charge is -2.34. The van der Waals surface area contributed by atoms with Gasteiger partial charge in [0.1, 0.15) is 17.5 Å². The molecular weight excluding hydrogens is 494 g/mol. The minimum atomic E-state index is -0.866. The van der Waals surface area contributed by atoms with Crippen LogP contribution in [0, 0.1) is 5.82 Å². The van der Waals surface area contributed by atoms with Gasteiger partial charge < -0.3 is 20.7 Å². The lowest BCUT2D eigenvalue weighted by atomic mass is 10.0. The van der Waals surface area contributed by atoms with Crippen LogP contribution in [0.1, 0.15) is 32.4 Å². The van der Waals surface area contributed by atoms with E-state index in [1.54, 1.807) is 36.3 Å². The topological polar surface area (TPSA) is 98.3 Å². The van der Waals surface area contributed by atoms with Gasteiger partial charge in [0.2, 0.25) is 5.91 Å². The van der Waals surface area contributed by atoms with E-state index >= 15 is 0 Å². The minimum absolute atomic E-state index is 0.00535. The van der Waals surface area contributed by atoms with Crippen molar-refractivity contribution in [1.82, 2.24) is 25.0 Å². The zero-order valence-corrected chi connectivity index (χ0v) is 21.2. The monoisotopic (exact) mass is 520 g/mol. The molecule has 3 N–H and O–H groups in total. The highest BCUT2D eigenvalue weighted by Gasteiger charge is 2.35. The summed E-state index contributed by atoms with van der Waals surface area (Å²) in [6, 6.07) is 4.34. The van der Waals surface area contributed by atoms with Gasteiger partial charge in [-0.1, -0.05) is 23.2 Å². The van der Waals surface area contributed by atoms with Crippen molar-refractivity contribution in [3.63, 3.8) is 0 Å². The molecule has 1 aromatic carbocycles. The van der Waals surface area contributed by atoms with E-state index in [2.05, 4.69) is 15.4 Å². The van der Waals surface area contributed by atoms with E-state index in [1.165, 1.54) is 12.1 Å². The average Bonchev–Trinajstić information content (AvgIpc) is 3.34. The molecule has 0 bridgehead atoms. The molecule has 1 aliphatic rings. The first-order valence-electron chi connectivity index (χ1n) is 11.2. The number of nitrogen functional groups attached to an aromatic ring is 1. The minimum Gasteiger partial charge on any atom is -0.482 e. The highest BCUT2D eigenvalue weighted by molar-refractivity contribution is 6.36. The number of amides is 1. The summed E-state index contributed by atoms with van der Waals surface area (Å²) in [6.45, 7) is 8.26. The molecule has 0 spiro atoms. The second-order valence-corrected chi connectivity index (χ2v) is 9.68. The maximum Gasteiger partial charge on any atom is 0.250 e. The van der Waals surface area contributed by atoms with E-state index in [0.717, 1.165) is 18.7 Å². The van der Waals surface area contributed by atoms with Crippen LogP contribution in [0.3, 0.4) is 0 Å². The van der Waals surface area contributed by atoms with E-state index in [1.807, 2.05) is 18.7 Å². The molecule has 0 aliphatic carbocycles. The quantitative estimate of drug-likeness (QED) is 0.470. The first-order valence-corrected chi connectivity index (χ1v) is 12.0. The number of carbonyl (C=O) groups excluding carboxylic acids is 1. The maximum atomic E-state index is 14.0. The molecule has 3 heterocycles. The number of nitrogens with one attached hydrogen (secondary N) is 1. The van der Waals surface area contributed by atoms with Crippen molar-refractivity contribution in [2.75, 3.05) is 31.9 Å². The summed E-state index contributed by atoms with van der Waals surface area (Å²) in [4.78, 5) is 19.2. The Kier molecular flexibility index (Phi) is 7.21. The van der Waals surface area contributed by atoms with Crippen LogP contribution in [0.15, 0.2) is 36.8 Å². The summed E-state index contributed by atoms with van der Waals surface area (Å²) >= 11 is 12.4. The van der Waals surface area contributed by atoms with E-state index < -0.39 is 17.5 Å². The lowest BCUT2D eigenvalue weighted by Crippen LogP contribution is -2.53. The number of aromatic nitrogens is 3. The van der Waals surface area contributed by atoms with Crippen molar-refractivity contribution in [2.45, 2.75) is 32.4 Å². The second kappa shape index (κ2) is 10.0. The molecule has 0 radical (unpaired) electrons. The summed E-state index contributed by atoms with van der Waals surface area (Å²) in [5.41, 5.74) is 6.92. The predicted molar refractivity (Wildman–Crippen MR) is 134 cm³/mol. The SMILES string of the molecule is CC(Oc1cc(-c2cnn(C(C)(C)C(=O)N3CCNCC3)c2)cnc1N)c1c(Cl)ccc(F)c1Cl. The van der Waals surface area contributed by atoms with Gasteiger partial charge in [0.15, 0.2) is 11.6 Å². The number of hydrogen-bond acceptors (Lipinski definition) is 6. The van der Waals surface area contributed by atoms with Gasteiger partial charge in [0.25, 0.3) is 0 Å². The summed E-state index contributed by atoms with van der Waals surface area (Å²) in [5, 5.41) is 7.88. The number of ether oxygens (including phenoxy) is 1. The number of halogens is 3. The van der Waals surface area contributed by atoms with Gasteiger partial charge in [0, 0.05) is 60.3 Å². The molecule has 1 unspecified atom stereocenters. The number of benzene rings is 1. The zero-order chi connectivity index (χ0) is 25.3. The second-order valence-electron chi connectivity index (χ2n) is 8.90. The third-order valence-corrected chi connectivity index (χ3v) is 6.80. The number of piperazine rings is 1. The van der Waals surface area contributed by atoms with Gasteiger partial charge >= 0.3 is 0 Å². The number of nitrogens with two attached hydrogens (primary N) is 1. The smallest absolute Gasteiger partial charge is 0.250 e. The van der Waals surface area contributed by atoms with Gasteiger partial charge in [-0.25, -0.2) is 9.37 Å². The van der Waals surface area contributed by atoms with Crippen LogP contribution in [-0.2, 0) is 10.3 Å². The summed E-state index contributed by atoms with van der Waals surface area (Å²) < 4.78 is 21.6. The standard InChI is InChI=1S/C24H27Cl2FN6O2/c1-14(20-17(25)4-5-18(27)21(20)26)35-19-10-15(11-30-22(19)28)16-12-31-33(13-16)24(2,3)23(34)32-8-6-29-7-9-32/h4-5,10-14,29H,6-9H2,1-3H3,(H2,28,30). The molecule has 1 saturated heterocycles. The molecule has 186 valence electrons. The van der Waals surface area contributed by atoms with Crippen molar-refractivity contribution in [3.8, 4) is 16.9 Å². The Hall–Kier alpha value is -2.88. The Morgan fingerprint density at radius 2 is 1.94 bits per heavy atom. The van der Waals surface area contributed by atoms with Crippen LogP contribution < -0.4 is 15.8 Å². The van der Waals surface area contributed by atoms with Gasteiger partial charge in [-0.3, -0.25) is 9.48 Å². The normalized spacial score (nSPS) is 15.2. The Labute approximate surface area is 213 Å². The molecule has 2 aromatic heterocycles. The van der Waals surface area contributed by atoms with E-state index in [4.69, 9.17) is 33.7 Å². The Bertz CT molecular complexity index is 1240. The third-order valence-electron chi connectivity index (χ3n) is 6.09. The Morgan fingerprint density at radius 3 is 2.66 bits per heavy atom. The van der Waals surface area contributed by atoms with Crippen LogP contribution in [0.25, 0.3) is 11.1 Å². The van der Waals surface area contributed by atoms with Crippen LogP contribution in [0.4, 0.5) is 10.2 Å². The van der Waals surface area contributed by atoms with Gasteiger partial charge in [-0.05, 0) is 39.0 Å². The molecule has 1 fully saturated rings. The van der Waals surface area contributed by atoms with Crippen LogP contribution in [-0.4, -0.2) is 51.8 Å². The lowest BCUT2D eigenvalue weighted by molar-refractivity contribution is -0.140. The Morgan fingerprint density at radius 1 is 1.23 bits per heavy atom. The molecule has 3 aromatic rings. The Balaban J connectivity index is 1.58. The number of carbonyl (C=O) groups is 1. The fraction of sp³-hybridized carbons (Fsp3) is 0.375. The molecule has 0 saturated carbocycles. The highest BCUT2D eigenvalue weighted by Crippen LogP contribution is 2.37. The molecule has 1 amide bonds. The molecule has 4 rings (SSSR count). The van der Waals surface area contributed by atoms with Crippen LogP contribution >= 0.6 is 23.2 Å². The van der Waals surface area contributed by atoms with Gasteiger partial charge in [-0.2, -0.15) is 5.10 Å². The molecule has 8 nitrogen and oxygen atoms in total. The van der Waals surface area contributed by atoms with E-state index in [-0.39, 0.29) is 27.5 Å². The summed E-state index contributed by atoms with van der Waals surface area (Å²) in [7, 11) is 0. The number of anilines is 1. The first-order chi connectivity index (χ1) is 16.6. The number of nitrogens with zero attached hydrogens (tertiary/aromatic N) is 4. The van der Waals surface area contributed by atoms with Crippen molar-refractivity contribution in [1.29, 1.82) is 0 Å².